The number of sulfonamides is 1. The van der Waals surface area contributed by atoms with Crippen LogP contribution in [0.1, 0.15) is 29.0 Å². The van der Waals surface area contributed by atoms with Gasteiger partial charge in [-0.05, 0) is 69.2 Å². The van der Waals surface area contributed by atoms with Crippen LogP contribution < -0.4 is 10.0 Å². The molecule has 2 aromatic carbocycles. The number of anilines is 2. The Bertz CT molecular complexity index is 1220. The number of benzene rings is 2. The van der Waals surface area contributed by atoms with Crippen LogP contribution in [0.3, 0.4) is 0 Å². The van der Waals surface area contributed by atoms with E-state index in [4.69, 9.17) is 4.52 Å². The van der Waals surface area contributed by atoms with E-state index in [-0.39, 0.29) is 22.9 Å². The molecule has 0 fully saturated rings. The number of rotatable bonds is 9. The van der Waals surface area contributed by atoms with E-state index in [9.17, 15) is 22.0 Å². The van der Waals surface area contributed by atoms with Gasteiger partial charge in [-0.15, -0.1) is 0 Å². The third kappa shape index (κ3) is 6.55. The van der Waals surface area contributed by atoms with E-state index in [1.54, 1.807) is 32.9 Å². The van der Waals surface area contributed by atoms with E-state index in [0.717, 1.165) is 11.3 Å². The van der Waals surface area contributed by atoms with Crippen molar-refractivity contribution in [1.82, 2.24) is 5.16 Å². The second-order valence-electron chi connectivity index (χ2n) is 7.34. The monoisotopic (exact) mass is 495 g/mol. The molecule has 0 aliphatic rings. The summed E-state index contributed by atoms with van der Waals surface area (Å²) in [5.74, 6) is -2.17. The number of aryl methyl sites for hydroxylation is 3. The zero-order chi connectivity index (χ0) is 24.2. The number of thioether (sulfide) groups is 1. The Morgan fingerprint density at radius 3 is 2.36 bits per heavy atom. The number of amides is 1. The largest absolute Gasteiger partial charge is 0.361 e. The molecule has 0 radical (unpaired) electrons. The van der Waals surface area contributed by atoms with Crippen molar-refractivity contribution in [3.63, 3.8) is 0 Å². The van der Waals surface area contributed by atoms with Crippen molar-refractivity contribution in [2.75, 3.05) is 10.0 Å². The van der Waals surface area contributed by atoms with E-state index in [1.807, 2.05) is 0 Å². The lowest BCUT2D eigenvalue weighted by Gasteiger charge is -2.13. The van der Waals surface area contributed by atoms with Crippen LogP contribution in [-0.2, 0) is 21.2 Å². The lowest BCUT2D eigenvalue weighted by atomic mass is 10.1. The minimum absolute atomic E-state index is 0.00273. The number of alkyl halides is 2. The summed E-state index contributed by atoms with van der Waals surface area (Å²) in [5.41, 5.74) is 2.67. The van der Waals surface area contributed by atoms with Gasteiger partial charge >= 0.3 is 0 Å². The molecule has 0 bridgehead atoms. The highest BCUT2D eigenvalue weighted by Crippen LogP contribution is 2.28. The Labute approximate surface area is 195 Å². The summed E-state index contributed by atoms with van der Waals surface area (Å²) < 4.78 is 58.3. The molecule has 0 atom stereocenters. The highest BCUT2D eigenvalue weighted by atomic mass is 32.2. The van der Waals surface area contributed by atoms with E-state index < -0.39 is 15.8 Å². The summed E-state index contributed by atoms with van der Waals surface area (Å²) in [7, 11) is -3.97. The fraction of sp³-hybridized carbons (Fsp3) is 0.273. The molecule has 1 aromatic heterocycles. The van der Waals surface area contributed by atoms with Crippen LogP contribution in [-0.4, -0.2) is 25.2 Å². The second kappa shape index (κ2) is 10.3. The lowest BCUT2D eigenvalue weighted by molar-refractivity contribution is -0.116. The number of carbonyl (C=O) groups is 1. The van der Waals surface area contributed by atoms with Crippen molar-refractivity contribution in [3.05, 3.63) is 65.0 Å². The second-order valence-corrected chi connectivity index (χ2v) is 10.1. The third-order valence-corrected chi connectivity index (χ3v) is 7.12. The molecular formula is C22H23F2N3O4S2. The van der Waals surface area contributed by atoms with Gasteiger partial charge in [0, 0.05) is 28.3 Å². The minimum atomic E-state index is -3.97. The Hall–Kier alpha value is -2.92. The SMILES string of the molecule is Cc1ccc(NC(=O)CCc2c(C)noc2C)cc1S(=O)(=O)Nc1ccc(SC(F)F)cc1. The van der Waals surface area contributed by atoms with Gasteiger partial charge in [-0.25, -0.2) is 8.42 Å². The van der Waals surface area contributed by atoms with Gasteiger partial charge in [0.15, 0.2) is 0 Å². The molecule has 0 spiro atoms. The molecule has 3 aromatic rings. The molecule has 3 rings (SSSR count). The van der Waals surface area contributed by atoms with E-state index in [1.165, 1.54) is 30.3 Å². The van der Waals surface area contributed by atoms with Crippen molar-refractivity contribution in [1.29, 1.82) is 0 Å². The first-order valence-electron chi connectivity index (χ1n) is 9.95. The predicted octanol–water partition coefficient (Wildman–Crippen LogP) is 5.29. The zero-order valence-electron chi connectivity index (χ0n) is 18.2. The first-order valence-corrected chi connectivity index (χ1v) is 12.3. The zero-order valence-corrected chi connectivity index (χ0v) is 19.8. The number of nitrogens with zero attached hydrogens (tertiary/aromatic N) is 1. The summed E-state index contributed by atoms with van der Waals surface area (Å²) in [5, 5.41) is 6.58. The first-order chi connectivity index (χ1) is 15.5. The van der Waals surface area contributed by atoms with Gasteiger partial charge in [-0.2, -0.15) is 8.78 Å². The van der Waals surface area contributed by atoms with Gasteiger partial charge in [0.2, 0.25) is 5.91 Å². The Kier molecular flexibility index (Phi) is 7.75. The van der Waals surface area contributed by atoms with Crippen molar-refractivity contribution in [2.45, 2.75) is 49.2 Å². The van der Waals surface area contributed by atoms with E-state index in [0.29, 0.717) is 40.1 Å². The molecule has 0 saturated carbocycles. The molecule has 0 aliphatic carbocycles. The fourth-order valence-corrected chi connectivity index (χ4v) is 5.03. The quantitative estimate of drug-likeness (QED) is 0.391. The van der Waals surface area contributed by atoms with Gasteiger partial charge in [-0.1, -0.05) is 23.0 Å². The molecule has 11 heteroatoms. The van der Waals surface area contributed by atoms with Crippen LogP contribution in [0, 0.1) is 20.8 Å². The van der Waals surface area contributed by atoms with Crippen LogP contribution in [0.15, 0.2) is 56.8 Å². The number of nitrogens with one attached hydrogen (secondary N) is 2. The maximum Gasteiger partial charge on any atom is 0.288 e. The predicted molar refractivity (Wildman–Crippen MR) is 123 cm³/mol. The molecule has 0 aliphatic heterocycles. The summed E-state index contributed by atoms with van der Waals surface area (Å²) in [6.07, 6.45) is 0.630. The molecule has 0 unspecified atom stereocenters. The molecule has 1 heterocycles. The maximum atomic E-state index is 12.9. The Balaban J connectivity index is 1.70. The lowest BCUT2D eigenvalue weighted by Crippen LogP contribution is -2.16. The van der Waals surface area contributed by atoms with Crippen LogP contribution in [0.5, 0.6) is 0 Å². The van der Waals surface area contributed by atoms with Gasteiger partial charge < -0.3 is 9.84 Å². The number of aromatic nitrogens is 1. The highest BCUT2D eigenvalue weighted by Gasteiger charge is 2.19. The smallest absolute Gasteiger partial charge is 0.288 e. The van der Waals surface area contributed by atoms with Crippen molar-refractivity contribution in [2.24, 2.45) is 0 Å². The fourth-order valence-electron chi connectivity index (χ4n) is 3.20. The number of halogens is 2. The third-order valence-electron chi connectivity index (χ3n) is 4.88. The minimum Gasteiger partial charge on any atom is -0.361 e. The summed E-state index contributed by atoms with van der Waals surface area (Å²) >= 11 is 0.377. The topological polar surface area (TPSA) is 101 Å². The van der Waals surface area contributed by atoms with Crippen LogP contribution >= 0.6 is 11.8 Å². The first kappa shape index (κ1) is 24.7. The molecule has 176 valence electrons. The maximum absolute atomic E-state index is 12.9. The molecular weight excluding hydrogens is 472 g/mol. The Morgan fingerprint density at radius 2 is 1.76 bits per heavy atom. The molecule has 7 nitrogen and oxygen atoms in total. The normalized spacial score (nSPS) is 11.6. The number of carbonyl (C=O) groups excluding carboxylic acids is 1. The van der Waals surface area contributed by atoms with Crippen molar-refractivity contribution < 1.29 is 26.5 Å². The summed E-state index contributed by atoms with van der Waals surface area (Å²) in [6, 6.07) is 10.3. The Morgan fingerprint density at radius 1 is 1.09 bits per heavy atom. The number of hydrogen-bond acceptors (Lipinski definition) is 6. The van der Waals surface area contributed by atoms with Crippen LogP contribution in [0.2, 0.25) is 0 Å². The summed E-state index contributed by atoms with van der Waals surface area (Å²) in [6.45, 7) is 5.22. The van der Waals surface area contributed by atoms with Crippen molar-refractivity contribution in [3.8, 4) is 0 Å². The van der Waals surface area contributed by atoms with Gasteiger partial charge in [-0.3, -0.25) is 9.52 Å². The number of hydrogen-bond donors (Lipinski definition) is 2. The molecule has 0 saturated heterocycles. The molecule has 1 amide bonds. The molecule has 33 heavy (non-hydrogen) atoms. The summed E-state index contributed by atoms with van der Waals surface area (Å²) in [4.78, 5) is 12.7. The van der Waals surface area contributed by atoms with Gasteiger partial charge in [0.25, 0.3) is 15.8 Å². The average molecular weight is 496 g/mol. The van der Waals surface area contributed by atoms with Crippen molar-refractivity contribution >= 4 is 39.1 Å². The average Bonchev–Trinajstić information content (AvgIpc) is 3.06. The highest BCUT2D eigenvalue weighted by molar-refractivity contribution is 7.99. The van der Waals surface area contributed by atoms with Crippen LogP contribution in [0.4, 0.5) is 20.2 Å². The van der Waals surface area contributed by atoms with Gasteiger partial charge in [0.1, 0.15) is 5.76 Å². The van der Waals surface area contributed by atoms with E-state index >= 15 is 0 Å². The van der Waals surface area contributed by atoms with Crippen LogP contribution in [0.25, 0.3) is 0 Å². The molecule has 2 N–H and O–H groups in total. The van der Waals surface area contributed by atoms with E-state index in [2.05, 4.69) is 15.2 Å². The van der Waals surface area contributed by atoms with Gasteiger partial charge in [0.05, 0.1) is 10.6 Å². The standard InChI is InChI=1S/C22H23F2N3O4S2/c1-13-4-5-17(25-21(28)11-10-19-14(2)26-31-15(19)3)12-20(13)33(29,30)27-16-6-8-18(9-7-16)32-22(23)24/h4-9,12,22,27H,10-11H2,1-3H3,(H,25,28).